The maximum absolute atomic E-state index is 11.7. The third-order valence-corrected chi connectivity index (χ3v) is 3.27. The minimum Gasteiger partial charge on any atom is -0.444 e. The highest BCUT2D eigenvalue weighted by Crippen LogP contribution is 2.21. The first-order valence-corrected chi connectivity index (χ1v) is 8.31. The van der Waals surface area contributed by atoms with Crippen molar-refractivity contribution in [3.05, 3.63) is 39.9 Å². The summed E-state index contributed by atoms with van der Waals surface area (Å²) in [4.78, 5) is 23.1. The summed E-state index contributed by atoms with van der Waals surface area (Å²) < 4.78 is 5.10. The number of carbonyl (C=O) groups is 2. The van der Waals surface area contributed by atoms with E-state index in [2.05, 4.69) is 10.6 Å². The van der Waals surface area contributed by atoms with Crippen molar-refractivity contribution in [2.45, 2.75) is 32.8 Å². The van der Waals surface area contributed by atoms with Gasteiger partial charge in [-0.1, -0.05) is 23.2 Å². The fourth-order valence-corrected chi connectivity index (χ4v) is 2.03. The number of ether oxygens (including phenoxy) is 1. The van der Waals surface area contributed by atoms with Gasteiger partial charge in [0.05, 0.1) is 0 Å². The molecule has 2 amide bonds. The van der Waals surface area contributed by atoms with Gasteiger partial charge in [-0.2, -0.15) is 0 Å². The first-order valence-electron chi connectivity index (χ1n) is 7.55. The standard InChI is InChI=1S/C17H22Cl2N2O3/c1-17(2,3)24-16(23)21-10-4-9-20-15(22)8-5-12-11-13(18)6-7-14(12)19/h5-8,11H,4,9-10H2,1-3H3,(H,20,22)(H,21,23)/b8-5+. The highest BCUT2D eigenvalue weighted by atomic mass is 35.5. The van der Waals surface area contributed by atoms with Crippen molar-refractivity contribution < 1.29 is 14.3 Å². The maximum Gasteiger partial charge on any atom is 0.407 e. The van der Waals surface area contributed by atoms with Gasteiger partial charge in [0.2, 0.25) is 5.91 Å². The average Bonchev–Trinajstić information content (AvgIpc) is 2.46. The Morgan fingerprint density at radius 2 is 1.83 bits per heavy atom. The van der Waals surface area contributed by atoms with E-state index in [1.165, 1.54) is 6.08 Å². The Kier molecular flexibility index (Phi) is 8.08. The molecule has 0 aromatic heterocycles. The molecule has 0 atom stereocenters. The lowest BCUT2D eigenvalue weighted by atomic mass is 10.2. The third-order valence-electron chi connectivity index (χ3n) is 2.69. The van der Waals surface area contributed by atoms with Gasteiger partial charge in [0, 0.05) is 29.2 Å². The first kappa shape index (κ1) is 20.3. The lowest BCUT2D eigenvalue weighted by Gasteiger charge is -2.19. The Labute approximate surface area is 152 Å². The average molecular weight is 373 g/mol. The predicted molar refractivity (Wildman–Crippen MR) is 97.4 cm³/mol. The van der Waals surface area contributed by atoms with Crippen molar-refractivity contribution in [3.8, 4) is 0 Å². The van der Waals surface area contributed by atoms with Crippen LogP contribution in [0.25, 0.3) is 6.08 Å². The van der Waals surface area contributed by atoms with Gasteiger partial charge in [0.1, 0.15) is 5.60 Å². The summed E-state index contributed by atoms with van der Waals surface area (Å²) in [5.41, 5.74) is 0.149. The summed E-state index contributed by atoms with van der Waals surface area (Å²) in [6.45, 7) is 6.24. The highest BCUT2D eigenvalue weighted by Gasteiger charge is 2.15. The van der Waals surface area contributed by atoms with Crippen LogP contribution >= 0.6 is 23.2 Å². The zero-order valence-electron chi connectivity index (χ0n) is 14.0. The molecule has 0 aliphatic rings. The molecule has 0 saturated carbocycles. The van der Waals surface area contributed by atoms with Crippen LogP contribution in [0.2, 0.25) is 10.0 Å². The molecule has 2 N–H and O–H groups in total. The molecule has 0 spiro atoms. The Bertz CT molecular complexity index is 610. The quantitative estimate of drug-likeness (QED) is 0.584. The summed E-state index contributed by atoms with van der Waals surface area (Å²) in [6.07, 6.45) is 3.11. The summed E-state index contributed by atoms with van der Waals surface area (Å²) in [6, 6.07) is 5.03. The van der Waals surface area contributed by atoms with Gasteiger partial charge < -0.3 is 15.4 Å². The molecule has 24 heavy (non-hydrogen) atoms. The van der Waals surface area contributed by atoms with E-state index < -0.39 is 11.7 Å². The molecule has 0 aliphatic carbocycles. The number of hydrogen-bond acceptors (Lipinski definition) is 3. The Morgan fingerprint density at radius 3 is 2.50 bits per heavy atom. The molecule has 0 unspecified atom stereocenters. The van der Waals surface area contributed by atoms with E-state index in [0.717, 1.165) is 0 Å². The fraction of sp³-hybridized carbons (Fsp3) is 0.412. The number of amides is 2. The Balaban J connectivity index is 2.26. The van der Waals surface area contributed by atoms with Crippen LogP contribution in [-0.2, 0) is 9.53 Å². The number of benzene rings is 1. The number of rotatable bonds is 6. The minimum absolute atomic E-state index is 0.247. The van der Waals surface area contributed by atoms with Crippen LogP contribution in [0.5, 0.6) is 0 Å². The van der Waals surface area contributed by atoms with Crippen molar-refractivity contribution >= 4 is 41.3 Å². The largest absolute Gasteiger partial charge is 0.444 e. The lowest BCUT2D eigenvalue weighted by molar-refractivity contribution is -0.116. The molecule has 0 saturated heterocycles. The molecule has 1 aromatic rings. The summed E-state index contributed by atoms with van der Waals surface area (Å²) >= 11 is 11.9. The van der Waals surface area contributed by atoms with Crippen molar-refractivity contribution in [1.82, 2.24) is 10.6 Å². The van der Waals surface area contributed by atoms with Crippen LogP contribution in [0.4, 0.5) is 4.79 Å². The van der Waals surface area contributed by atoms with E-state index in [1.807, 2.05) is 0 Å². The molecular formula is C17H22Cl2N2O3. The van der Waals surface area contributed by atoms with E-state index in [-0.39, 0.29) is 5.91 Å². The number of hydrogen-bond donors (Lipinski definition) is 2. The second-order valence-electron chi connectivity index (χ2n) is 6.07. The number of halogens is 2. The number of nitrogens with one attached hydrogen (secondary N) is 2. The molecule has 5 nitrogen and oxygen atoms in total. The Hall–Kier alpha value is -1.72. The van der Waals surface area contributed by atoms with Gasteiger partial charge in [-0.05, 0) is 57.0 Å². The van der Waals surface area contributed by atoms with Crippen molar-refractivity contribution in [2.24, 2.45) is 0 Å². The van der Waals surface area contributed by atoms with Gasteiger partial charge in [0.25, 0.3) is 0 Å². The maximum atomic E-state index is 11.7. The highest BCUT2D eigenvalue weighted by molar-refractivity contribution is 6.34. The number of carbonyl (C=O) groups excluding carboxylic acids is 2. The second kappa shape index (κ2) is 9.55. The molecule has 0 radical (unpaired) electrons. The predicted octanol–water partition coefficient (Wildman–Crippen LogP) is 4.04. The second-order valence-corrected chi connectivity index (χ2v) is 6.92. The summed E-state index contributed by atoms with van der Waals surface area (Å²) in [5.74, 6) is -0.247. The zero-order chi connectivity index (χ0) is 18.2. The van der Waals surface area contributed by atoms with Crippen LogP contribution < -0.4 is 10.6 Å². The molecule has 7 heteroatoms. The van der Waals surface area contributed by atoms with Gasteiger partial charge in [-0.15, -0.1) is 0 Å². The summed E-state index contributed by atoms with van der Waals surface area (Å²) in [5, 5.41) is 6.40. The lowest BCUT2D eigenvalue weighted by Crippen LogP contribution is -2.34. The van der Waals surface area contributed by atoms with Gasteiger partial charge in [0.15, 0.2) is 0 Å². The van der Waals surface area contributed by atoms with E-state index in [9.17, 15) is 9.59 Å². The third kappa shape index (κ3) is 8.79. The van der Waals surface area contributed by atoms with Gasteiger partial charge in [-0.25, -0.2) is 4.79 Å². The van der Waals surface area contributed by atoms with Crippen LogP contribution in [0.3, 0.4) is 0 Å². The molecule has 0 fully saturated rings. The molecule has 0 bridgehead atoms. The minimum atomic E-state index is -0.523. The van der Waals surface area contributed by atoms with Crippen LogP contribution in [-0.4, -0.2) is 30.7 Å². The molecule has 0 heterocycles. The summed E-state index contributed by atoms with van der Waals surface area (Å²) in [7, 11) is 0. The molecule has 132 valence electrons. The molecule has 1 aromatic carbocycles. The van der Waals surface area contributed by atoms with E-state index in [0.29, 0.717) is 35.1 Å². The topological polar surface area (TPSA) is 67.4 Å². The number of alkyl carbamates (subject to hydrolysis) is 1. The monoisotopic (exact) mass is 372 g/mol. The van der Waals surface area contributed by atoms with Crippen molar-refractivity contribution in [3.63, 3.8) is 0 Å². The van der Waals surface area contributed by atoms with Gasteiger partial charge >= 0.3 is 6.09 Å². The van der Waals surface area contributed by atoms with Crippen LogP contribution in [0.15, 0.2) is 24.3 Å². The molecule has 1 rings (SSSR count). The molecule has 0 aliphatic heterocycles. The fourth-order valence-electron chi connectivity index (χ4n) is 1.67. The Morgan fingerprint density at radius 1 is 1.17 bits per heavy atom. The molecular weight excluding hydrogens is 351 g/mol. The zero-order valence-corrected chi connectivity index (χ0v) is 15.5. The smallest absolute Gasteiger partial charge is 0.407 e. The van der Waals surface area contributed by atoms with E-state index in [1.54, 1.807) is 45.0 Å². The van der Waals surface area contributed by atoms with Crippen LogP contribution in [0, 0.1) is 0 Å². The van der Waals surface area contributed by atoms with Crippen molar-refractivity contribution in [2.75, 3.05) is 13.1 Å². The van der Waals surface area contributed by atoms with Crippen molar-refractivity contribution in [1.29, 1.82) is 0 Å². The normalized spacial score (nSPS) is 11.4. The van der Waals surface area contributed by atoms with E-state index >= 15 is 0 Å². The van der Waals surface area contributed by atoms with Gasteiger partial charge in [-0.3, -0.25) is 4.79 Å². The first-order chi connectivity index (χ1) is 11.2. The SMILES string of the molecule is CC(C)(C)OC(=O)NCCCNC(=O)/C=C/c1cc(Cl)ccc1Cl. The van der Waals surface area contributed by atoms with E-state index in [4.69, 9.17) is 27.9 Å². The van der Waals surface area contributed by atoms with Crippen LogP contribution in [0.1, 0.15) is 32.8 Å².